The first-order chi connectivity index (χ1) is 5.68. The van der Waals surface area contributed by atoms with E-state index in [0.717, 1.165) is 13.0 Å². The molecule has 0 radical (unpaired) electrons. The number of benzene rings is 1. The quantitative estimate of drug-likeness (QED) is 0.539. The summed E-state index contributed by atoms with van der Waals surface area (Å²) in [5, 5.41) is 1.71. The van der Waals surface area contributed by atoms with Crippen LogP contribution in [0.4, 0.5) is 0 Å². The molecule has 0 atom stereocenters. The molecule has 0 unspecified atom stereocenters. The van der Waals surface area contributed by atoms with Crippen molar-refractivity contribution < 1.29 is 0 Å². The highest BCUT2D eigenvalue weighted by Gasteiger charge is 1.94. The van der Waals surface area contributed by atoms with Crippen LogP contribution in [0.5, 0.6) is 0 Å². The summed E-state index contributed by atoms with van der Waals surface area (Å²) in [5.74, 6) is 5.51. The summed E-state index contributed by atoms with van der Waals surface area (Å²) in [6.07, 6.45) is 1.02. The number of likely N-dealkylation sites (N-methyl/N-ethyl adjacent to an activating group) is 1. The summed E-state index contributed by atoms with van der Waals surface area (Å²) < 4.78 is 0. The summed E-state index contributed by atoms with van der Waals surface area (Å²) >= 11 is 0. The first kappa shape index (κ1) is 9.23. The fraction of sp³-hybridized carbons (Fsp3) is 0.400. The van der Waals surface area contributed by atoms with Crippen molar-refractivity contribution in [1.82, 2.24) is 5.01 Å². The molecule has 0 bridgehead atoms. The summed E-state index contributed by atoms with van der Waals surface area (Å²) in [6, 6.07) is 8.52. The van der Waals surface area contributed by atoms with Gasteiger partial charge in [-0.15, -0.1) is 0 Å². The summed E-state index contributed by atoms with van der Waals surface area (Å²) in [7, 11) is 1.88. The van der Waals surface area contributed by atoms with Crippen LogP contribution in [-0.4, -0.2) is 18.6 Å². The molecular weight excluding hydrogens is 148 g/mol. The van der Waals surface area contributed by atoms with Gasteiger partial charge in [0, 0.05) is 13.6 Å². The van der Waals surface area contributed by atoms with E-state index in [9.17, 15) is 0 Å². The van der Waals surface area contributed by atoms with Crippen LogP contribution in [0.3, 0.4) is 0 Å². The molecule has 2 nitrogen and oxygen atoms in total. The van der Waals surface area contributed by atoms with Gasteiger partial charge in [0.05, 0.1) is 0 Å². The molecule has 0 amide bonds. The molecule has 1 aromatic rings. The van der Waals surface area contributed by atoms with Crippen LogP contribution in [0, 0.1) is 6.92 Å². The van der Waals surface area contributed by atoms with E-state index < -0.39 is 0 Å². The molecule has 1 rings (SSSR count). The number of aryl methyl sites for hydroxylation is 1. The maximum absolute atomic E-state index is 5.51. The molecule has 12 heavy (non-hydrogen) atoms. The predicted octanol–water partition coefficient (Wildman–Crippen LogP) is 1.34. The second-order valence-corrected chi connectivity index (χ2v) is 3.22. The van der Waals surface area contributed by atoms with Crippen molar-refractivity contribution in [3.05, 3.63) is 35.4 Å². The van der Waals surface area contributed by atoms with Crippen LogP contribution >= 0.6 is 0 Å². The topological polar surface area (TPSA) is 29.3 Å². The Morgan fingerprint density at radius 2 is 2.17 bits per heavy atom. The van der Waals surface area contributed by atoms with Gasteiger partial charge in [-0.25, -0.2) is 5.01 Å². The van der Waals surface area contributed by atoms with Crippen molar-refractivity contribution in [2.45, 2.75) is 13.3 Å². The minimum atomic E-state index is 0.906. The van der Waals surface area contributed by atoms with Crippen molar-refractivity contribution in [1.29, 1.82) is 0 Å². The third-order valence-corrected chi connectivity index (χ3v) is 1.84. The Hall–Kier alpha value is -0.860. The Balaban J connectivity index is 2.52. The van der Waals surface area contributed by atoms with E-state index in [0.29, 0.717) is 0 Å². The van der Waals surface area contributed by atoms with E-state index in [1.807, 2.05) is 7.05 Å². The molecule has 2 N–H and O–H groups in total. The van der Waals surface area contributed by atoms with Crippen LogP contribution in [0.2, 0.25) is 0 Å². The zero-order valence-electron chi connectivity index (χ0n) is 7.75. The molecule has 1 aromatic carbocycles. The lowest BCUT2D eigenvalue weighted by atomic mass is 10.1. The lowest BCUT2D eigenvalue weighted by molar-refractivity contribution is 0.354. The molecule has 0 spiro atoms. The van der Waals surface area contributed by atoms with Gasteiger partial charge in [0.1, 0.15) is 0 Å². The Morgan fingerprint density at radius 1 is 1.42 bits per heavy atom. The van der Waals surface area contributed by atoms with Crippen molar-refractivity contribution in [2.24, 2.45) is 5.84 Å². The molecule has 0 aromatic heterocycles. The zero-order valence-corrected chi connectivity index (χ0v) is 7.75. The van der Waals surface area contributed by atoms with Gasteiger partial charge in [-0.1, -0.05) is 29.8 Å². The van der Waals surface area contributed by atoms with E-state index in [1.165, 1.54) is 11.1 Å². The Labute approximate surface area is 74.0 Å². The molecule has 0 saturated heterocycles. The first-order valence-electron chi connectivity index (χ1n) is 4.20. The van der Waals surface area contributed by atoms with Crippen LogP contribution in [0.15, 0.2) is 24.3 Å². The van der Waals surface area contributed by atoms with E-state index in [4.69, 9.17) is 5.84 Å². The maximum atomic E-state index is 5.51. The van der Waals surface area contributed by atoms with Gasteiger partial charge in [0.15, 0.2) is 0 Å². The van der Waals surface area contributed by atoms with Gasteiger partial charge < -0.3 is 0 Å². The summed E-state index contributed by atoms with van der Waals surface area (Å²) in [4.78, 5) is 0. The smallest absolute Gasteiger partial charge is 0.0165 e. The fourth-order valence-electron chi connectivity index (χ4n) is 1.17. The van der Waals surface area contributed by atoms with E-state index in [-0.39, 0.29) is 0 Å². The van der Waals surface area contributed by atoms with Gasteiger partial charge in [-0.05, 0) is 18.9 Å². The average molecular weight is 164 g/mol. The third-order valence-electron chi connectivity index (χ3n) is 1.84. The van der Waals surface area contributed by atoms with Crippen molar-refractivity contribution in [3.63, 3.8) is 0 Å². The standard InChI is InChI=1S/C10H16N2/c1-9-4-3-5-10(8-9)6-7-12(2)11/h3-5,8H,6-7,11H2,1-2H3. The molecular formula is C10H16N2. The van der Waals surface area contributed by atoms with Gasteiger partial charge in [-0.3, -0.25) is 5.84 Å². The normalized spacial score (nSPS) is 10.7. The van der Waals surface area contributed by atoms with Gasteiger partial charge in [0.2, 0.25) is 0 Å². The van der Waals surface area contributed by atoms with Crippen LogP contribution in [0.25, 0.3) is 0 Å². The second kappa shape index (κ2) is 4.24. The summed E-state index contributed by atoms with van der Waals surface area (Å²) in [5.41, 5.74) is 2.67. The molecule has 0 aliphatic carbocycles. The minimum Gasteiger partial charge on any atom is -0.269 e. The Morgan fingerprint density at radius 3 is 2.75 bits per heavy atom. The maximum Gasteiger partial charge on any atom is 0.0165 e. The SMILES string of the molecule is Cc1cccc(CCN(C)N)c1. The zero-order chi connectivity index (χ0) is 8.97. The number of hydrazine groups is 1. The largest absolute Gasteiger partial charge is 0.269 e. The van der Waals surface area contributed by atoms with Crippen molar-refractivity contribution in [3.8, 4) is 0 Å². The van der Waals surface area contributed by atoms with Crippen molar-refractivity contribution >= 4 is 0 Å². The number of nitrogens with two attached hydrogens (primary N) is 1. The van der Waals surface area contributed by atoms with E-state index >= 15 is 0 Å². The molecule has 0 aliphatic rings. The number of nitrogens with zero attached hydrogens (tertiary/aromatic N) is 1. The number of rotatable bonds is 3. The predicted molar refractivity (Wildman–Crippen MR) is 51.7 cm³/mol. The number of hydrogen-bond donors (Lipinski definition) is 1. The van der Waals surface area contributed by atoms with Gasteiger partial charge in [-0.2, -0.15) is 0 Å². The van der Waals surface area contributed by atoms with Gasteiger partial charge >= 0.3 is 0 Å². The second-order valence-electron chi connectivity index (χ2n) is 3.22. The highest BCUT2D eigenvalue weighted by atomic mass is 15.4. The fourth-order valence-corrected chi connectivity index (χ4v) is 1.17. The third kappa shape index (κ3) is 3.03. The van der Waals surface area contributed by atoms with E-state index in [2.05, 4.69) is 31.2 Å². The van der Waals surface area contributed by atoms with Crippen molar-refractivity contribution in [2.75, 3.05) is 13.6 Å². The van der Waals surface area contributed by atoms with E-state index in [1.54, 1.807) is 5.01 Å². The monoisotopic (exact) mass is 164 g/mol. The van der Waals surface area contributed by atoms with Gasteiger partial charge in [0.25, 0.3) is 0 Å². The Kier molecular flexibility index (Phi) is 3.26. The number of hydrogen-bond acceptors (Lipinski definition) is 2. The molecule has 0 heterocycles. The molecule has 66 valence electrons. The summed E-state index contributed by atoms with van der Waals surface area (Å²) in [6.45, 7) is 3.01. The lowest BCUT2D eigenvalue weighted by Gasteiger charge is -2.08. The highest BCUT2D eigenvalue weighted by Crippen LogP contribution is 2.04. The highest BCUT2D eigenvalue weighted by molar-refractivity contribution is 5.22. The van der Waals surface area contributed by atoms with Crippen LogP contribution in [0.1, 0.15) is 11.1 Å². The molecule has 0 saturated carbocycles. The van der Waals surface area contributed by atoms with Crippen LogP contribution in [-0.2, 0) is 6.42 Å². The molecule has 0 fully saturated rings. The molecule has 2 heteroatoms. The first-order valence-corrected chi connectivity index (χ1v) is 4.20. The van der Waals surface area contributed by atoms with Crippen LogP contribution < -0.4 is 5.84 Å². The molecule has 0 aliphatic heterocycles. The lowest BCUT2D eigenvalue weighted by Crippen LogP contribution is -2.28. The average Bonchev–Trinajstić information content (AvgIpc) is 2.01. The minimum absolute atomic E-state index is 0.906. The Bertz CT molecular complexity index is 243.